The van der Waals surface area contributed by atoms with Crippen LogP contribution in [0, 0.1) is 11.6 Å². The fourth-order valence-electron chi connectivity index (χ4n) is 5.84. The highest BCUT2D eigenvalue weighted by Gasteiger charge is 2.59. The summed E-state index contributed by atoms with van der Waals surface area (Å²) in [5.74, 6) is -4.24. The van der Waals surface area contributed by atoms with Crippen molar-refractivity contribution < 1.29 is 70.7 Å². The van der Waals surface area contributed by atoms with Crippen molar-refractivity contribution in [3.63, 3.8) is 0 Å². The van der Waals surface area contributed by atoms with Crippen molar-refractivity contribution in [3.8, 4) is 0 Å². The van der Waals surface area contributed by atoms with Crippen LogP contribution in [0.5, 0.6) is 0 Å². The normalized spacial score (nSPS) is 22.3. The molecule has 3 atom stereocenters. The molecule has 2 amide bonds. The first-order valence-corrected chi connectivity index (χ1v) is 17.4. The molecule has 2 fully saturated rings. The summed E-state index contributed by atoms with van der Waals surface area (Å²) in [5.41, 5.74) is -3.09. The van der Waals surface area contributed by atoms with Gasteiger partial charge in [-0.2, -0.15) is 5.01 Å². The molecule has 2 unspecified atom stereocenters. The Balaban J connectivity index is 1.57. The maximum atomic E-state index is 14.3. The number of fused-ring (bicyclic) bond motifs is 1. The lowest BCUT2D eigenvalue weighted by molar-refractivity contribution is -0.178. The van der Waals surface area contributed by atoms with Gasteiger partial charge in [-0.15, -0.1) is 0 Å². The van der Waals surface area contributed by atoms with E-state index in [1.165, 1.54) is 29.0 Å². The summed E-state index contributed by atoms with van der Waals surface area (Å²) in [4.78, 5) is 52.1. The molecule has 1 aliphatic carbocycles. The highest BCUT2D eigenvalue weighted by atomic mass is 31.2. The van der Waals surface area contributed by atoms with E-state index < -0.39 is 97.9 Å². The summed E-state index contributed by atoms with van der Waals surface area (Å²) < 4.78 is 72.2. The van der Waals surface area contributed by atoms with Gasteiger partial charge in [-0.1, -0.05) is 6.07 Å². The van der Waals surface area contributed by atoms with Crippen LogP contribution in [0.3, 0.4) is 0 Å². The number of hydrazine groups is 1. The molecule has 2 aliphatic heterocycles. The van der Waals surface area contributed by atoms with Gasteiger partial charge in [0.25, 0.3) is 11.8 Å². The van der Waals surface area contributed by atoms with Gasteiger partial charge in [0, 0.05) is 38.5 Å². The second-order valence-corrected chi connectivity index (χ2v) is 14.7. The maximum Gasteiger partial charge on any atom is 0.510 e. The first kappa shape index (κ1) is 39.5. The number of nitrogens with zero attached hydrogens (tertiary/aromatic N) is 3. The highest BCUT2D eigenvalue weighted by Crippen LogP contribution is 2.62. The lowest BCUT2D eigenvalue weighted by Crippen LogP contribution is -2.69. The minimum Gasteiger partial charge on any atom is -0.507 e. The Morgan fingerprint density at radius 3 is 2.18 bits per heavy atom. The molecule has 1 aromatic rings. The maximum absolute atomic E-state index is 14.3. The Hall–Kier alpha value is -4.29. The van der Waals surface area contributed by atoms with Crippen LogP contribution < -0.4 is 5.32 Å². The lowest BCUT2D eigenvalue weighted by Gasteiger charge is -2.55. The van der Waals surface area contributed by atoms with Gasteiger partial charge in [-0.05, 0) is 53.0 Å². The van der Waals surface area contributed by atoms with Gasteiger partial charge in [0.05, 0.1) is 23.4 Å². The Morgan fingerprint density at radius 2 is 1.63 bits per heavy atom. The topological polar surface area (TPSA) is 203 Å². The number of likely N-dealkylation sites (N-methyl/N-ethyl adjacent to an activating group) is 1. The lowest BCUT2D eigenvalue weighted by atomic mass is 9.98. The van der Waals surface area contributed by atoms with E-state index in [4.69, 9.17) is 28.0 Å². The van der Waals surface area contributed by atoms with Crippen LogP contribution in [0.15, 0.2) is 41.4 Å². The number of aliphatic hydroxyl groups excluding tert-OH is 2. The number of nitrogens with one attached hydrogen (secondary N) is 1. The average Bonchev–Trinajstić information content (AvgIpc) is 3.50. The summed E-state index contributed by atoms with van der Waals surface area (Å²) in [5, 5.41) is 26.9. The summed E-state index contributed by atoms with van der Waals surface area (Å²) in [6, 6.07) is 2.79. The molecule has 1 aromatic carbocycles. The molecule has 51 heavy (non-hydrogen) atoms. The molecule has 2 heterocycles. The average molecular weight is 747 g/mol. The number of rotatable bonds is 12. The van der Waals surface area contributed by atoms with Gasteiger partial charge in [0.15, 0.2) is 11.5 Å². The Kier molecular flexibility index (Phi) is 12.3. The zero-order valence-corrected chi connectivity index (χ0v) is 29.7. The standard InChI is InChI=1S/C31H41F2N4O13P/c1-17(2)49-29(42)45-15-47-51(44,48-16-46-30(43)50-18(3)4)21-9-10-31(12-21)35(5)28(41)24-26(39)25(38)22(14-37(24)36(31)6)27(40)34-13-19-7-8-20(32)11-23(19)33/h7-8,11,14,17-18,21,25,38-39H,9-10,12-13,15-16H2,1-6H3,(H,34,40)/t21-,25?,31?/m1/s1. The summed E-state index contributed by atoms with van der Waals surface area (Å²) in [7, 11) is -1.37. The van der Waals surface area contributed by atoms with E-state index in [0.717, 1.165) is 18.3 Å². The Labute approximate surface area is 292 Å². The Morgan fingerprint density at radius 1 is 1.04 bits per heavy atom. The first-order valence-electron chi connectivity index (χ1n) is 15.8. The van der Waals surface area contributed by atoms with Crippen molar-refractivity contribution >= 4 is 31.7 Å². The van der Waals surface area contributed by atoms with Crippen molar-refractivity contribution in [1.82, 2.24) is 20.2 Å². The van der Waals surface area contributed by atoms with Gasteiger partial charge in [0.1, 0.15) is 23.4 Å². The predicted octanol–water partition coefficient (Wildman–Crippen LogP) is 3.74. The van der Waals surface area contributed by atoms with Crippen molar-refractivity contribution in [2.45, 2.75) is 83.1 Å². The van der Waals surface area contributed by atoms with Crippen LogP contribution in [-0.2, 0) is 48.7 Å². The van der Waals surface area contributed by atoms with Crippen molar-refractivity contribution in [1.29, 1.82) is 0 Å². The van der Waals surface area contributed by atoms with E-state index in [9.17, 15) is 42.7 Å². The van der Waals surface area contributed by atoms with E-state index >= 15 is 0 Å². The fraction of sp³-hybridized carbons (Fsp3) is 0.548. The third kappa shape index (κ3) is 8.61. The van der Waals surface area contributed by atoms with Gasteiger partial charge in [0.2, 0.25) is 13.6 Å². The van der Waals surface area contributed by atoms with Gasteiger partial charge in [-0.3, -0.25) is 28.2 Å². The molecule has 1 spiro atoms. The van der Waals surface area contributed by atoms with Crippen LogP contribution in [0.25, 0.3) is 0 Å². The SMILES string of the molecule is CC(C)OC(=O)OCOP(=O)(OCOC(=O)OC(C)C)[C@@H]1CCC2(C1)N(C)C(=O)C1=C(O)C(O)C(C(=O)NCc3ccc(F)cc3F)=CN1N2C. The quantitative estimate of drug-likeness (QED) is 0.158. The van der Waals surface area contributed by atoms with Crippen LogP contribution in [0.4, 0.5) is 18.4 Å². The molecule has 0 radical (unpaired) electrons. The van der Waals surface area contributed by atoms with Crippen LogP contribution in [0.2, 0.25) is 0 Å². The van der Waals surface area contributed by atoms with Crippen LogP contribution in [0.1, 0.15) is 52.5 Å². The number of ether oxygens (including phenoxy) is 4. The highest BCUT2D eigenvalue weighted by molar-refractivity contribution is 7.54. The molecule has 1 saturated carbocycles. The fourth-order valence-corrected chi connectivity index (χ4v) is 7.70. The van der Waals surface area contributed by atoms with Crippen molar-refractivity contribution in [3.05, 3.63) is 58.6 Å². The number of halogens is 2. The van der Waals surface area contributed by atoms with E-state index in [-0.39, 0.29) is 37.1 Å². The van der Waals surface area contributed by atoms with E-state index in [0.29, 0.717) is 6.07 Å². The second kappa shape index (κ2) is 15.9. The number of aliphatic hydroxyl groups is 2. The molecule has 0 bridgehead atoms. The van der Waals surface area contributed by atoms with Gasteiger partial charge < -0.3 is 39.4 Å². The monoisotopic (exact) mass is 746 g/mol. The number of carbonyl (C=O) groups is 4. The summed E-state index contributed by atoms with van der Waals surface area (Å²) in [6.07, 6.45) is -3.93. The molecule has 4 rings (SSSR count). The van der Waals surface area contributed by atoms with Crippen molar-refractivity contribution in [2.24, 2.45) is 0 Å². The van der Waals surface area contributed by atoms with E-state index in [2.05, 4.69) is 5.32 Å². The number of hydrogen-bond acceptors (Lipinski definition) is 15. The van der Waals surface area contributed by atoms with E-state index in [1.807, 2.05) is 0 Å². The second-order valence-electron chi connectivity index (χ2n) is 12.4. The number of benzene rings is 1. The van der Waals surface area contributed by atoms with E-state index in [1.54, 1.807) is 27.7 Å². The molecule has 282 valence electrons. The molecule has 3 aliphatic rings. The smallest absolute Gasteiger partial charge is 0.507 e. The zero-order chi connectivity index (χ0) is 37.8. The molecular weight excluding hydrogens is 705 g/mol. The minimum absolute atomic E-state index is 0.0442. The van der Waals surface area contributed by atoms with Gasteiger partial charge >= 0.3 is 19.9 Å². The summed E-state index contributed by atoms with van der Waals surface area (Å²) >= 11 is 0. The molecule has 1 saturated heterocycles. The molecule has 17 nitrogen and oxygen atoms in total. The van der Waals surface area contributed by atoms with Crippen molar-refractivity contribution in [2.75, 3.05) is 27.7 Å². The van der Waals surface area contributed by atoms with Crippen LogP contribution >= 0.6 is 7.60 Å². The largest absolute Gasteiger partial charge is 0.510 e. The molecular formula is C31H41F2N4O13P. The Bertz CT molecular complexity index is 1610. The summed E-state index contributed by atoms with van der Waals surface area (Å²) in [6.45, 7) is 4.24. The predicted molar refractivity (Wildman–Crippen MR) is 170 cm³/mol. The zero-order valence-electron chi connectivity index (χ0n) is 28.8. The van der Waals surface area contributed by atoms with Gasteiger partial charge in [-0.25, -0.2) is 18.4 Å². The number of amides is 2. The third-order valence-electron chi connectivity index (χ3n) is 8.43. The molecule has 20 heteroatoms. The third-order valence-corrected chi connectivity index (χ3v) is 10.7. The van der Waals surface area contributed by atoms with Crippen LogP contribution in [-0.4, -0.2) is 107 Å². The molecule has 3 N–H and O–H groups in total. The number of carbonyl (C=O) groups excluding carboxylic acids is 4. The number of hydrogen-bond donors (Lipinski definition) is 3. The molecule has 0 aromatic heterocycles. The first-order chi connectivity index (χ1) is 23.9. The minimum atomic E-state index is -4.33.